The second-order valence-electron chi connectivity index (χ2n) is 4.38. The maximum atomic E-state index is 5.32. The highest BCUT2D eigenvalue weighted by atomic mass is 79.9. The van der Waals surface area contributed by atoms with Crippen molar-refractivity contribution in [2.24, 2.45) is 0 Å². The summed E-state index contributed by atoms with van der Waals surface area (Å²) < 4.78 is 10.6. The van der Waals surface area contributed by atoms with Crippen molar-refractivity contribution in [2.45, 2.75) is 32.6 Å². The van der Waals surface area contributed by atoms with Crippen LogP contribution in [-0.2, 0) is 6.42 Å². The molecule has 0 aromatic heterocycles. The molecule has 0 fully saturated rings. The zero-order valence-electron chi connectivity index (χ0n) is 12.0. The third-order valence-electron chi connectivity index (χ3n) is 3.18. The molecular formula is C16H23BrO2. The van der Waals surface area contributed by atoms with Gasteiger partial charge in [-0.05, 0) is 43.4 Å². The normalized spacial score (nSPS) is 11.5. The van der Waals surface area contributed by atoms with Crippen molar-refractivity contribution in [3.8, 4) is 11.5 Å². The number of methoxy groups -OCH3 is 2. The summed E-state index contributed by atoms with van der Waals surface area (Å²) >= 11 is 3.49. The number of alkyl halides is 1. The molecule has 1 aromatic carbocycles. The highest BCUT2D eigenvalue weighted by Crippen LogP contribution is 2.28. The van der Waals surface area contributed by atoms with Crippen LogP contribution in [0.15, 0.2) is 29.8 Å². The quantitative estimate of drug-likeness (QED) is 0.506. The van der Waals surface area contributed by atoms with E-state index in [0.29, 0.717) is 0 Å². The number of ether oxygens (including phenoxy) is 2. The summed E-state index contributed by atoms with van der Waals surface area (Å²) in [4.78, 5) is 0. The number of hydrogen-bond donors (Lipinski definition) is 0. The fraction of sp³-hybridized carbons (Fsp3) is 0.500. The Bertz CT molecular complexity index is 413. The second-order valence-corrected chi connectivity index (χ2v) is 5.18. The van der Waals surface area contributed by atoms with Crippen LogP contribution in [0.3, 0.4) is 0 Å². The predicted octanol–water partition coefficient (Wildman–Crippen LogP) is 4.76. The second kappa shape index (κ2) is 9.03. The number of hydrogen-bond acceptors (Lipinski definition) is 2. The Balaban J connectivity index is 2.62. The summed E-state index contributed by atoms with van der Waals surface area (Å²) in [5.74, 6) is 1.59. The van der Waals surface area contributed by atoms with Crippen LogP contribution >= 0.6 is 15.9 Å². The van der Waals surface area contributed by atoms with Crippen molar-refractivity contribution in [3.63, 3.8) is 0 Å². The molecule has 0 radical (unpaired) electrons. The molecular weight excluding hydrogens is 304 g/mol. The zero-order chi connectivity index (χ0) is 14.1. The van der Waals surface area contributed by atoms with Crippen molar-refractivity contribution < 1.29 is 9.47 Å². The van der Waals surface area contributed by atoms with Gasteiger partial charge in [0.2, 0.25) is 0 Å². The number of rotatable bonds is 8. The van der Waals surface area contributed by atoms with E-state index in [0.717, 1.165) is 42.5 Å². The van der Waals surface area contributed by atoms with Gasteiger partial charge in [-0.1, -0.05) is 40.6 Å². The van der Waals surface area contributed by atoms with E-state index in [1.54, 1.807) is 14.2 Å². The Morgan fingerprint density at radius 3 is 2.53 bits per heavy atom. The van der Waals surface area contributed by atoms with Gasteiger partial charge in [0.05, 0.1) is 14.2 Å². The van der Waals surface area contributed by atoms with Crippen molar-refractivity contribution in [2.75, 3.05) is 19.5 Å². The molecule has 0 bridgehead atoms. The molecule has 0 saturated heterocycles. The van der Waals surface area contributed by atoms with Crippen LogP contribution in [0.4, 0.5) is 0 Å². The van der Waals surface area contributed by atoms with E-state index in [1.165, 1.54) is 11.1 Å². The number of allylic oxidation sites excluding steroid dienone is 2. The van der Waals surface area contributed by atoms with E-state index in [-0.39, 0.29) is 0 Å². The molecule has 2 nitrogen and oxygen atoms in total. The molecule has 0 unspecified atom stereocenters. The van der Waals surface area contributed by atoms with Gasteiger partial charge in [-0.15, -0.1) is 0 Å². The van der Waals surface area contributed by atoms with Gasteiger partial charge in [0.25, 0.3) is 0 Å². The minimum absolute atomic E-state index is 0.787. The maximum Gasteiger partial charge on any atom is 0.160 e. The van der Waals surface area contributed by atoms with Crippen LogP contribution in [0.1, 0.15) is 31.7 Å². The van der Waals surface area contributed by atoms with Gasteiger partial charge < -0.3 is 9.47 Å². The lowest BCUT2D eigenvalue weighted by atomic mass is 10.1. The van der Waals surface area contributed by atoms with E-state index < -0.39 is 0 Å². The molecule has 1 rings (SSSR count). The zero-order valence-corrected chi connectivity index (χ0v) is 13.6. The lowest BCUT2D eigenvalue weighted by Crippen LogP contribution is -1.93. The number of halogens is 1. The molecule has 0 spiro atoms. The summed E-state index contributed by atoms with van der Waals surface area (Å²) in [7, 11) is 3.33. The topological polar surface area (TPSA) is 18.5 Å². The highest BCUT2D eigenvalue weighted by molar-refractivity contribution is 9.09. The van der Waals surface area contributed by atoms with Gasteiger partial charge in [-0.3, -0.25) is 0 Å². The molecule has 19 heavy (non-hydrogen) atoms. The molecule has 0 aliphatic heterocycles. The molecule has 0 aliphatic rings. The first-order valence-corrected chi connectivity index (χ1v) is 7.82. The van der Waals surface area contributed by atoms with E-state index in [1.807, 2.05) is 6.07 Å². The van der Waals surface area contributed by atoms with Crippen LogP contribution in [0.5, 0.6) is 11.5 Å². The minimum atomic E-state index is 0.787. The Labute approximate surface area is 124 Å². The predicted molar refractivity (Wildman–Crippen MR) is 84.7 cm³/mol. The molecule has 0 atom stereocenters. The van der Waals surface area contributed by atoms with E-state index in [2.05, 4.69) is 41.1 Å². The molecule has 3 heteroatoms. The van der Waals surface area contributed by atoms with Gasteiger partial charge >= 0.3 is 0 Å². The monoisotopic (exact) mass is 326 g/mol. The first-order chi connectivity index (χ1) is 9.24. The van der Waals surface area contributed by atoms with E-state index in [4.69, 9.17) is 9.47 Å². The van der Waals surface area contributed by atoms with Crippen LogP contribution < -0.4 is 9.47 Å². The first kappa shape index (κ1) is 16.1. The molecule has 0 N–H and O–H groups in total. The molecule has 0 saturated carbocycles. The van der Waals surface area contributed by atoms with Gasteiger partial charge in [-0.25, -0.2) is 0 Å². The molecule has 0 amide bonds. The van der Waals surface area contributed by atoms with Crippen molar-refractivity contribution >= 4 is 15.9 Å². The van der Waals surface area contributed by atoms with Crippen LogP contribution in [0.25, 0.3) is 0 Å². The Morgan fingerprint density at radius 1 is 1.21 bits per heavy atom. The number of benzene rings is 1. The average molecular weight is 327 g/mol. The Kier molecular flexibility index (Phi) is 7.65. The lowest BCUT2D eigenvalue weighted by Gasteiger charge is -2.09. The highest BCUT2D eigenvalue weighted by Gasteiger charge is 2.04. The largest absolute Gasteiger partial charge is 0.493 e. The van der Waals surface area contributed by atoms with E-state index in [9.17, 15) is 0 Å². The van der Waals surface area contributed by atoms with Gasteiger partial charge in [-0.2, -0.15) is 0 Å². The molecule has 106 valence electrons. The summed E-state index contributed by atoms with van der Waals surface area (Å²) in [5, 5.41) is 1.04. The lowest BCUT2D eigenvalue weighted by molar-refractivity contribution is 0.354. The standard InChI is InChI=1S/C16H23BrO2/c1-4-13(10-11-17)6-5-7-14-8-9-15(18-2)16(12-14)19-3/h6,8-9,12H,4-5,7,10-11H2,1-3H3/b13-6+. The summed E-state index contributed by atoms with van der Waals surface area (Å²) in [6.45, 7) is 2.21. The minimum Gasteiger partial charge on any atom is -0.493 e. The molecule has 0 heterocycles. The maximum absolute atomic E-state index is 5.32. The summed E-state index contributed by atoms with van der Waals surface area (Å²) in [5.41, 5.74) is 2.81. The molecule has 0 aliphatic carbocycles. The van der Waals surface area contributed by atoms with Gasteiger partial charge in [0, 0.05) is 5.33 Å². The third kappa shape index (κ3) is 5.27. The first-order valence-electron chi connectivity index (χ1n) is 6.69. The van der Waals surface area contributed by atoms with Crippen molar-refractivity contribution in [1.82, 2.24) is 0 Å². The third-order valence-corrected chi connectivity index (χ3v) is 3.58. The van der Waals surface area contributed by atoms with Crippen LogP contribution in [0, 0.1) is 0 Å². The molecule has 1 aromatic rings. The average Bonchev–Trinajstić information content (AvgIpc) is 2.46. The Hall–Kier alpha value is -0.960. The number of aryl methyl sites for hydroxylation is 1. The fourth-order valence-electron chi connectivity index (χ4n) is 2.02. The fourth-order valence-corrected chi connectivity index (χ4v) is 2.53. The van der Waals surface area contributed by atoms with Crippen LogP contribution in [0.2, 0.25) is 0 Å². The summed E-state index contributed by atoms with van der Waals surface area (Å²) in [6, 6.07) is 6.13. The SMILES string of the molecule is CC/C(=C\CCc1ccc(OC)c(OC)c1)CCBr. The smallest absolute Gasteiger partial charge is 0.160 e. The van der Waals surface area contributed by atoms with Gasteiger partial charge in [0.15, 0.2) is 11.5 Å². The Morgan fingerprint density at radius 2 is 1.95 bits per heavy atom. The van der Waals surface area contributed by atoms with E-state index >= 15 is 0 Å². The van der Waals surface area contributed by atoms with Crippen molar-refractivity contribution in [1.29, 1.82) is 0 Å². The van der Waals surface area contributed by atoms with Gasteiger partial charge in [0.1, 0.15) is 0 Å². The van der Waals surface area contributed by atoms with Crippen molar-refractivity contribution in [3.05, 3.63) is 35.4 Å². The van der Waals surface area contributed by atoms with Crippen LogP contribution in [-0.4, -0.2) is 19.5 Å². The summed E-state index contributed by atoms with van der Waals surface area (Å²) in [6.07, 6.45) is 6.75.